The van der Waals surface area contributed by atoms with Gasteiger partial charge in [0.1, 0.15) is 0 Å². The lowest BCUT2D eigenvalue weighted by Gasteiger charge is -2.36. The number of nitrogens with one attached hydrogen (secondary N) is 1. The third-order valence-electron chi connectivity index (χ3n) is 4.00. The summed E-state index contributed by atoms with van der Waals surface area (Å²) < 4.78 is 0. The zero-order valence-corrected chi connectivity index (χ0v) is 12.0. The molecule has 1 N–H and O–H groups in total. The largest absolute Gasteiger partial charge is 0.339 e. The van der Waals surface area contributed by atoms with Gasteiger partial charge in [-0.1, -0.05) is 12.8 Å². The quantitative estimate of drug-likeness (QED) is 0.823. The third kappa shape index (κ3) is 3.61. The SMILES string of the molecule is CC(C)NC(=O)N1CCN(C(=O)C2CCCC2)CC1. The molecule has 5 heteroatoms. The molecule has 1 saturated carbocycles. The lowest BCUT2D eigenvalue weighted by molar-refractivity contribution is -0.136. The summed E-state index contributed by atoms with van der Waals surface area (Å²) in [4.78, 5) is 27.9. The van der Waals surface area contributed by atoms with E-state index in [0.29, 0.717) is 32.1 Å². The molecule has 0 unspecified atom stereocenters. The van der Waals surface area contributed by atoms with E-state index < -0.39 is 0 Å². The molecule has 0 aromatic rings. The number of urea groups is 1. The minimum atomic E-state index is -0.0111. The van der Waals surface area contributed by atoms with Crippen LogP contribution in [0.1, 0.15) is 39.5 Å². The first-order valence-corrected chi connectivity index (χ1v) is 7.42. The molecule has 2 fully saturated rings. The lowest BCUT2D eigenvalue weighted by Crippen LogP contribution is -2.54. The van der Waals surface area contributed by atoms with E-state index in [1.54, 1.807) is 4.90 Å². The smallest absolute Gasteiger partial charge is 0.317 e. The van der Waals surface area contributed by atoms with Crippen molar-refractivity contribution in [3.63, 3.8) is 0 Å². The summed E-state index contributed by atoms with van der Waals surface area (Å²) in [6.45, 7) is 6.57. The zero-order chi connectivity index (χ0) is 13.8. The van der Waals surface area contributed by atoms with Crippen molar-refractivity contribution >= 4 is 11.9 Å². The molecule has 1 aliphatic carbocycles. The molecule has 0 spiro atoms. The van der Waals surface area contributed by atoms with E-state index >= 15 is 0 Å². The molecule has 5 nitrogen and oxygen atoms in total. The van der Waals surface area contributed by atoms with Crippen molar-refractivity contribution in [3.05, 3.63) is 0 Å². The van der Waals surface area contributed by atoms with Crippen LogP contribution in [0.4, 0.5) is 4.79 Å². The fraction of sp³-hybridized carbons (Fsp3) is 0.857. The molecule has 0 aromatic carbocycles. The monoisotopic (exact) mass is 267 g/mol. The van der Waals surface area contributed by atoms with Crippen LogP contribution in [0.3, 0.4) is 0 Å². The van der Waals surface area contributed by atoms with Gasteiger partial charge in [0.2, 0.25) is 5.91 Å². The van der Waals surface area contributed by atoms with Gasteiger partial charge in [-0.2, -0.15) is 0 Å². The normalized spacial score (nSPS) is 21.0. The number of hydrogen-bond donors (Lipinski definition) is 1. The van der Waals surface area contributed by atoms with Crippen molar-refractivity contribution < 1.29 is 9.59 Å². The van der Waals surface area contributed by atoms with E-state index in [-0.39, 0.29) is 18.0 Å². The van der Waals surface area contributed by atoms with Crippen LogP contribution in [-0.4, -0.2) is 54.0 Å². The van der Waals surface area contributed by atoms with Gasteiger partial charge >= 0.3 is 6.03 Å². The van der Waals surface area contributed by atoms with Gasteiger partial charge in [0, 0.05) is 38.1 Å². The Morgan fingerprint density at radius 3 is 2.05 bits per heavy atom. The summed E-state index contributed by atoms with van der Waals surface area (Å²) in [7, 11) is 0. The summed E-state index contributed by atoms with van der Waals surface area (Å²) in [5.41, 5.74) is 0. The minimum Gasteiger partial charge on any atom is -0.339 e. The van der Waals surface area contributed by atoms with Crippen molar-refractivity contribution in [2.45, 2.75) is 45.6 Å². The van der Waals surface area contributed by atoms with E-state index in [1.807, 2.05) is 18.7 Å². The number of amides is 3. The number of piperazine rings is 1. The van der Waals surface area contributed by atoms with Crippen LogP contribution in [0.2, 0.25) is 0 Å². The highest BCUT2D eigenvalue weighted by Gasteiger charge is 2.30. The van der Waals surface area contributed by atoms with E-state index in [1.165, 1.54) is 12.8 Å². The number of hydrogen-bond acceptors (Lipinski definition) is 2. The summed E-state index contributed by atoms with van der Waals surface area (Å²) in [6.07, 6.45) is 4.47. The van der Waals surface area contributed by atoms with Gasteiger partial charge in [-0.25, -0.2) is 4.79 Å². The van der Waals surface area contributed by atoms with Gasteiger partial charge in [0.15, 0.2) is 0 Å². The predicted molar refractivity (Wildman–Crippen MR) is 73.8 cm³/mol. The molecule has 108 valence electrons. The van der Waals surface area contributed by atoms with Gasteiger partial charge in [-0.15, -0.1) is 0 Å². The fourth-order valence-electron chi connectivity index (χ4n) is 2.90. The first kappa shape index (κ1) is 14.2. The Kier molecular flexibility index (Phi) is 4.66. The minimum absolute atomic E-state index is 0.0111. The predicted octanol–water partition coefficient (Wildman–Crippen LogP) is 1.44. The second-order valence-electron chi connectivity index (χ2n) is 5.90. The third-order valence-corrected chi connectivity index (χ3v) is 4.00. The van der Waals surface area contributed by atoms with Gasteiger partial charge < -0.3 is 15.1 Å². The number of nitrogens with zero attached hydrogens (tertiary/aromatic N) is 2. The Balaban J connectivity index is 1.78. The number of rotatable bonds is 2. The summed E-state index contributed by atoms with van der Waals surface area (Å²) in [5.74, 6) is 0.553. The standard InChI is InChI=1S/C14H25N3O2/c1-11(2)15-14(19)17-9-7-16(8-10-17)13(18)12-5-3-4-6-12/h11-12H,3-10H2,1-2H3,(H,15,19). The molecule has 0 aromatic heterocycles. The van der Waals surface area contributed by atoms with Gasteiger partial charge in [0.25, 0.3) is 0 Å². The Morgan fingerprint density at radius 2 is 1.53 bits per heavy atom. The topological polar surface area (TPSA) is 52.7 Å². The summed E-state index contributed by atoms with van der Waals surface area (Å²) in [6, 6.07) is 0.147. The molecular formula is C14H25N3O2. The maximum atomic E-state index is 12.3. The average molecular weight is 267 g/mol. The van der Waals surface area contributed by atoms with Crippen LogP contribution in [0.15, 0.2) is 0 Å². The second-order valence-corrected chi connectivity index (χ2v) is 5.90. The molecular weight excluding hydrogens is 242 g/mol. The second kappa shape index (κ2) is 6.26. The van der Waals surface area contributed by atoms with E-state index in [9.17, 15) is 9.59 Å². The van der Waals surface area contributed by atoms with Crippen LogP contribution in [0.25, 0.3) is 0 Å². The van der Waals surface area contributed by atoms with Crippen molar-refractivity contribution in [1.82, 2.24) is 15.1 Å². The van der Waals surface area contributed by atoms with Crippen molar-refractivity contribution in [1.29, 1.82) is 0 Å². The highest BCUT2D eigenvalue weighted by Crippen LogP contribution is 2.26. The molecule has 1 saturated heterocycles. The molecule has 0 radical (unpaired) electrons. The van der Waals surface area contributed by atoms with Gasteiger partial charge in [0.05, 0.1) is 0 Å². The van der Waals surface area contributed by atoms with Crippen molar-refractivity contribution in [3.8, 4) is 0 Å². The summed E-state index contributed by atoms with van der Waals surface area (Å²) in [5, 5.41) is 2.90. The summed E-state index contributed by atoms with van der Waals surface area (Å²) >= 11 is 0. The van der Waals surface area contributed by atoms with E-state index in [4.69, 9.17) is 0 Å². The number of carbonyl (C=O) groups excluding carboxylic acids is 2. The fourth-order valence-corrected chi connectivity index (χ4v) is 2.90. The van der Waals surface area contributed by atoms with Gasteiger partial charge in [-0.05, 0) is 26.7 Å². The van der Waals surface area contributed by atoms with Crippen LogP contribution in [0, 0.1) is 5.92 Å². The first-order chi connectivity index (χ1) is 9.08. The molecule has 1 heterocycles. The molecule has 1 aliphatic heterocycles. The Bertz CT molecular complexity index is 330. The van der Waals surface area contributed by atoms with Crippen LogP contribution < -0.4 is 5.32 Å². The molecule has 0 atom stereocenters. The average Bonchev–Trinajstić information content (AvgIpc) is 2.91. The van der Waals surface area contributed by atoms with Crippen LogP contribution >= 0.6 is 0 Å². The Labute approximate surface area is 115 Å². The Morgan fingerprint density at radius 1 is 1.00 bits per heavy atom. The van der Waals surface area contributed by atoms with Crippen LogP contribution in [0.5, 0.6) is 0 Å². The van der Waals surface area contributed by atoms with E-state index in [0.717, 1.165) is 12.8 Å². The molecule has 2 aliphatic rings. The maximum Gasteiger partial charge on any atom is 0.317 e. The molecule has 3 amide bonds. The number of carbonyl (C=O) groups is 2. The molecule has 0 bridgehead atoms. The molecule has 2 rings (SSSR count). The van der Waals surface area contributed by atoms with Crippen molar-refractivity contribution in [2.75, 3.05) is 26.2 Å². The highest BCUT2D eigenvalue weighted by atomic mass is 16.2. The molecule has 19 heavy (non-hydrogen) atoms. The zero-order valence-electron chi connectivity index (χ0n) is 12.0. The van der Waals surface area contributed by atoms with Gasteiger partial charge in [-0.3, -0.25) is 4.79 Å². The Hall–Kier alpha value is -1.26. The van der Waals surface area contributed by atoms with E-state index in [2.05, 4.69) is 5.32 Å². The lowest BCUT2D eigenvalue weighted by atomic mass is 10.1. The van der Waals surface area contributed by atoms with Crippen molar-refractivity contribution in [2.24, 2.45) is 5.92 Å². The maximum absolute atomic E-state index is 12.3. The highest BCUT2D eigenvalue weighted by molar-refractivity contribution is 5.80. The first-order valence-electron chi connectivity index (χ1n) is 7.42. The van der Waals surface area contributed by atoms with Crippen LogP contribution in [-0.2, 0) is 4.79 Å².